The summed E-state index contributed by atoms with van der Waals surface area (Å²) in [6, 6.07) is 15.7. The Labute approximate surface area is 147 Å². The van der Waals surface area contributed by atoms with Gasteiger partial charge < -0.3 is 9.47 Å². The van der Waals surface area contributed by atoms with Crippen LogP contribution in [0.15, 0.2) is 54.1 Å². The Bertz CT molecular complexity index is 800. The van der Waals surface area contributed by atoms with Gasteiger partial charge in [-0.15, -0.1) is 0 Å². The van der Waals surface area contributed by atoms with Gasteiger partial charge in [-0.25, -0.2) is 5.84 Å². The first-order chi connectivity index (χ1) is 12.1. The highest BCUT2D eigenvalue weighted by atomic mass is 16.5. The number of benzene rings is 2. The van der Waals surface area contributed by atoms with E-state index in [1.165, 1.54) is 0 Å². The molecule has 1 fully saturated rings. The third-order valence-electron chi connectivity index (χ3n) is 4.46. The van der Waals surface area contributed by atoms with Gasteiger partial charge in [0.05, 0.1) is 20.1 Å². The molecule has 2 unspecified atom stereocenters. The molecule has 25 heavy (non-hydrogen) atoms. The second-order valence-electron chi connectivity index (χ2n) is 6.07. The average molecular weight is 338 g/mol. The van der Waals surface area contributed by atoms with E-state index in [0.717, 1.165) is 21.7 Å². The molecule has 0 radical (unpaired) electrons. The lowest BCUT2D eigenvalue weighted by Gasteiger charge is -2.08. The molecule has 0 heterocycles. The van der Waals surface area contributed by atoms with E-state index in [-0.39, 0.29) is 17.7 Å². The molecule has 0 spiro atoms. The number of hydrazine groups is 1. The first-order valence-electron chi connectivity index (χ1n) is 8.07. The Balaban J connectivity index is 1.96. The lowest BCUT2D eigenvalue weighted by atomic mass is 10.1. The van der Waals surface area contributed by atoms with Crippen molar-refractivity contribution in [2.24, 2.45) is 11.8 Å². The molecule has 3 rings (SSSR count). The van der Waals surface area contributed by atoms with Crippen LogP contribution in [0.2, 0.25) is 0 Å². The Morgan fingerprint density at radius 2 is 1.76 bits per heavy atom. The van der Waals surface area contributed by atoms with E-state index in [0.29, 0.717) is 11.5 Å². The van der Waals surface area contributed by atoms with Crippen molar-refractivity contribution in [3.63, 3.8) is 0 Å². The van der Waals surface area contributed by atoms with Gasteiger partial charge in [-0.2, -0.15) is 0 Å². The zero-order valence-electron chi connectivity index (χ0n) is 14.6. The maximum absolute atomic E-state index is 12.4. The van der Waals surface area contributed by atoms with E-state index >= 15 is 0 Å². The maximum Gasteiger partial charge on any atom is 0.244 e. The molecule has 2 atom stereocenters. The molecule has 1 amide bonds. The predicted octanol–water partition coefficient (Wildman–Crippen LogP) is 2.83. The summed E-state index contributed by atoms with van der Waals surface area (Å²) < 4.78 is 10.6. The summed E-state index contributed by atoms with van der Waals surface area (Å²) in [5, 5.41) is 1.16. The van der Waals surface area contributed by atoms with Gasteiger partial charge in [-0.3, -0.25) is 9.80 Å². The fraction of sp³-hybridized carbons (Fsp3) is 0.250. The van der Waals surface area contributed by atoms with Crippen LogP contribution in [0, 0.1) is 5.92 Å². The first kappa shape index (κ1) is 17.0. The van der Waals surface area contributed by atoms with Crippen molar-refractivity contribution in [3.05, 3.63) is 65.2 Å². The fourth-order valence-corrected chi connectivity index (χ4v) is 3.15. The number of ether oxygens (including phenoxy) is 2. The summed E-state index contributed by atoms with van der Waals surface area (Å²) in [4.78, 5) is 12.4. The third-order valence-corrected chi connectivity index (χ3v) is 4.46. The summed E-state index contributed by atoms with van der Waals surface area (Å²) in [5.41, 5.74) is 3.14. The van der Waals surface area contributed by atoms with Gasteiger partial charge in [-0.05, 0) is 28.8 Å². The first-order valence-corrected chi connectivity index (χ1v) is 8.07. The number of methoxy groups -OCH3 is 2. The molecule has 2 aromatic rings. The quantitative estimate of drug-likeness (QED) is 0.517. The van der Waals surface area contributed by atoms with Gasteiger partial charge in [0.1, 0.15) is 0 Å². The Morgan fingerprint density at radius 1 is 1.08 bits per heavy atom. The van der Waals surface area contributed by atoms with Gasteiger partial charge >= 0.3 is 0 Å². The monoisotopic (exact) mass is 338 g/mol. The molecule has 1 saturated carbocycles. The van der Waals surface area contributed by atoms with Gasteiger partial charge in [-0.1, -0.05) is 42.5 Å². The molecule has 130 valence electrons. The van der Waals surface area contributed by atoms with Crippen molar-refractivity contribution < 1.29 is 14.3 Å². The van der Waals surface area contributed by atoms with E-state index < -0.39 is 0 Å². The van der Waals surface area contributed by atoms with Crippen molar-refractivity contribution in [2.45, 2.75) is 5.92 Å². The lowest BCUT2D eigenvalue weighted by Crippen LogP contribution is -2.34. The Hall–Kier alpha value is -2.79. The highest BCUT2D eigenvalue weighted by Crippen LogP contribution is 2.55. The lowest BCUT2D eigenvalue weighted by molar-refractivity contribution is -0.131. The predicted molar refractivity (Wildman–Crippen MR) is 97.2 cm³/mol. The van der Waals surface area contributed by atoms with Crippen LogP contribution in [0.1, 0.15) is 17.0 Å². The Kier molecular flexibility index (Phi) is 4.76. The van der Waals surface area contributed by atoms with Crippen LogP contribution in [0.25, 0.3) is 6.08 Å². The summed E-state index contributed by atoms with van der Waals surface area (Å²) in [6.45, 7) is 0. The number of amides is 1. The smallest absolute Gasteiger partial charge is 0.244 e. The normalized spacial score (nSPS) is 20.2. The number of rotatable bonds is 5. The number of hydrogen-bond acceptors (Lipinski definition) is 4. The van der Waals surface area contributed by atoms with Crippen LogP contribution in [-0.4, -0.2) is 32.2 Å². The minimum absolute atomic E-state index is 0.0628. The third kappa shape index (κ3) is 3.37. The van der Waals surface area contributed by atoms with E-state index in [1.54, 1.807) is 21.3 Å². The highest BCUT2D eigenvalue weighted by Gasteiger charge is 2.50. The van der Waals surface area contributed by atoms with Gasteiger partial charge in [0.15, 0.2) is 11.5 Å². The molecule has 0 bridgehead atoms. The molecule has 1 aliphatic carbocycles. The molecular formula is C20H22N2O3. The highest BCUT2D eigenvalue weighted by molar-refractivity contribution is 5.91. The molecule has 0 aliphatic heterocycles. The van der Waals surface area contributed by atoms with Gasteiger partial charge in [0.2, 0.25) is 5.91 Å². The zero-order chi connectivity index (χ0) is 18.0. The van der Waals surface area contributed by atoms with E-state index in [2.05, 4.69) is 0 Å². The standard InChI is InChI=1S/C20H22N2O3/c1-22(21)20(23)19-15(18(19)14-7-5-4-6-8-14)11-13-9-10-16(24-2)17(12-13)25-3/h4-12,18-19H,21H2,1-3H3. The molecule has 1 aliphatic rings. The van der Waals surface area contributed by atoms with Crippen molar-refractivity contribution in [3.8, 4) is 11.5 Å². The molecule has 2 aromatic carbocycles. The zero-order valence-corrected chi connectivity index (χ0v) is 14.6. The minimum atomic E-state index is -0.217. The van der Waals surface area contributed by atoms with E-state index in [1.807, 2.05) is 54.6 Å². The molecule has 5 heteroatoms. The number of nitrogens with two attached hydrogens (primary N) is 1. The summed E-state index contributed by atoms with van der Waals surface area (Å²) in [6.07, 6.45) is 2.03. The summed E-state index contributed by atoms with van der Waals surface area (Å²) >= 11 is 0. The Morgan fingerprint density at radius 3 is 2.36 bits per heavy atom. The molecule has 2 N–H and O–H groups in total. The average Bonchev–Trinajstić information content (AvgIpc) is 3.34. The summed E-state index contributed by atoms with van der Waals surface area (Å²) in [5.74, 6) is 6.77. The minimum Gasteiger partial charge on any atom is -0.493 e. The van der Waals surface area contributed by atoms with Crippen LogP contribution < -0.4 is 15.3 Å². The fourth-order valence-electron chi connectivity index (χ4n) is 3.15. The number of nitrogens with zero attached hydrogens (tertiary/aromatic N) is 1. The molecule has 5 nitrogen and oxygen atoms in total. The van der Waals surface area contributed by atoms with Crippen LogP contribution in [-0.2, 0) is 4.79 Å². The maximum atomic E-state index is 12.4. The van der Waals surface area contributed by atoms with E-state index in [4.69, 9.17) is 15.3 Å². The summed E-state index contributed by atoms with van der Waals surface area (Å²) in [7, 11) is 4.79. The largest absolute Gasteiger partial charge is 0.493 e. The number of hydrogen-bond donors (Lipinski definition) is 1. The van der Waals surface area contributed by atoms with Crippen molar-refractivity contribution in [2.75, 3.05) is 21.3 Å². The van der Waals surface area contributed by atoms with Crippen LogP contribution in [0.4, 0.5) is 0 Å². The van der Waals surface area contributed by atoms with Gasteiger partial charge in [0.25, 0.3) is 0 Å². The second-order valence-corrected chi connectivity index (χ2v) is 6.07. The van der Waals surface area contributed by atoms with Crippen LogP contribution >= 0.6 is 0 Å². The van der Waals surface area contributed by atoms with E-state index in [9.17, 15) is 4.79 Å². The second kappa shape index (κ2) is 6.99. The molecule has 0 saturated heterocycles. The van der Waals surface area contributed by atoms with Crippen LogP contribution in [0.5, 0.6) is 11.5 Å². The molecule has 0 aromatic heterocycles. The number of carbonyl (C=O) groups is 1. The molecular weight excluding hydrogens is 316 g/mol. The SMILES string of the molecule is COc1ccc(C=C2C(C(=O)N(C)N)C2c2ccccc2)cc1OC. The topological polar surface area (TPSA) is 64.8 Å². The number of carbonyl (C=O) groups excluding carboxylic acids is 1. The van der Waals surface area contributed by atoms with Crippen LogP contribution in [0.3, 0.4) is 0 Å². The van der Waals surface area contributed by atoms with Crippen molar-refractivity contribution in [1.82, 2.24) is 5.01 Å². The van der Waals surface area contributed by atoms with Gasteiger partial charge in [0, 0.05) is 13.0 Å². The van der Waals surface area contributed by atoms with Crippen molar-refractivity contribution in [1.29, 1.82) is 0 Å². The van der Waals surface area contributed by atoms with Crippen molar-refractivity contribution >= 4 is 12.0 Å².